The van der Waals surface area contributed by atoms with E-state index < -0.39 is 0 Å². The van der Waals surface area contributed by atoms with Gasteiger partial charge in [-0.2, -0.15) is 0 Å². The predicted octanol–water partition coefficient (Wildman–Crippen LogP) is 0.174. The Bertz CT molecular complexity index is 172. The monoisotopic (exact) mass is 187 g/mol. The van der Waals surface area contributed by atoms with Crippen LogP contribution in [0.15, 0.2) is 0 Å². The van der Waals surface area contributed by atoms with Crippen molar-refractivity contribution in [1.82, 2.24) is 5.32 Å². The number of nitrogens with one attached hydrogen (secondary N) is 1. The maximum absolute atomic E-state index is 11.3. The second kappa shape index (κ2) is 5.19. The first-order chi connectivity index (χ1) is 6.24. The summed E-state index contributed by atoms with van der Waals surface area (Å²) in [5.41, 5.74) is 0. The second-order valence-corrected chi connectivity index (χ2v) is 3.43. The summed E-state index contributed by atoms with van der Waals surface area (Å²) >= 11 is 0. The minimum atomic E-state index is 0.0456. The third kappa shape index (κ3) is 3.32. The molecule has 0 radical (unpaired) electrons. The molecule has 1 aliphatic heterocycles. The summed E-state index contributed by atoms with van der Waals surface area (Å²) < 4.78 is 10.0. The standard InChI is InChI=1S/C9H17NO3/c1-7-5-13-6-8(7)10-9(11)3-4-12-2/h7-8H,3-6H2,1-2H3,(H,10,11). The van der Waals surface area contributed by atoms with E-state index in [0.717, 1.165) is 6.61 Å². The molecular formula is C9H17NO3. The van der Waals surface area contributed by atoms with E-state index in [1.165, 1.54) is 0 Å². The smallest absolute Gasteiger partial charge is 0.222 e. The van der Waals surface area contributed by atoms with Crippen LogP contribution in [0.2, 0.25) is 0 Å². The predicted molar refractivity (Wildman–Crippen MR) is 48.4 cm³/mol. The molecular weight excluding hydrogens is 170 g/mol. The fourth-order valence-corrected chi connectivity index (χ4v) is 1.32. The average molecular weight is 187 g/mol. The van der Waals surface area contributed by atoms with Crippen LogP contribution < -0.4 is 5.32 Å². The van der Waals surface area contributed by atoms with E-state index in [1.54, 1.807) is 7.11 Å². The number of carbonyl (C=O) groups excluding carboxylic acids is 1. The van der Waals surface area contributed by atoms with Gasteiger partial charge in [0.2, 0.25) is 5.91 Å². The van der Waals surface area contributed by atoms with E-state index in [4.69, 9.17) is 9.47 Å². The van der Waals surface area contributed by atoms with E-state index in [2.05, 4.69) is 12.2 Å². The first-order valence-corrected chi connectivity index (χ1v) is 4.60. The van der Waals surface area contributed by atoms with Gasteiger partial charge in [0.25, 0.3) is 0 Å². The second-order valence-electron chi connectivity index (χ2n) is 3.43. The van der Waals surface area contributed by atoms with Crippen molar-refractivity contribution in [3.05, 3.63) is 0 Å². The van der Waals surface area contributed by atoms with E-state index in [9.17, 15) is 4.79 Å². The van der Waals surface area contributed by atoms with Crippen molar-refractivity contribution >= 4 is 5.91 Å². The van der Waals surface area contributed by atoms with Crippen LogP contribution in [0.1, 0.15) is 13.3 Å². The lowest BCUT2D eigenvalue weighted by molar-refractivity contribution is -0.122. The van der Waals surface area contributed by atoms with Gasteiger partial charge < -0.3 is 14.8 Å². The minimum absolute atomic E-state index is 0.0456. The summed E-state index contributed by atoms with van der Waals surface area (Å²) in [6.07, 6.45) is 0.430. The van der Waals surface area contributed by atoms with Gasteiger partial charge in [0.05, 0.1) is 25.9 Å². The number of amides is 1. The van der Waals surface area contributed by atoms with Crippen LogP contribution in [-0.2, 0) is 14.3 Å². The molecule has 76 valence electrons. The molecule has 1 saturated heterocycles. The summed E-state index contributed by atoms with van der Waals surface area (Å²) in [7, 11) is 1.59. The van der Waals surface area contributed by atoms with Crippen molar-refractivity contribution in [3.63, 3.8) is 0 Å². The average Bonchev–Trinajstić information content (AvgIpc) is 2.48. The van der Waals surface area contributed by atoms with E-state index in [0.29, 0.717) is 25.6 Å². The zero-order valence-corrected chi connectivity index (χ0v) is 8.21. The minimum Gasteiger partial charge on any atom is -0.384 e. The Morgan fingerprint density at radius 1 is 1.62 bits per heavy atom. The van der Waals surface area contributed by atoms with Gasteiger partial charge in [-0.25, -0.2) is 0 Å². The first-order valence-electron chi connectivity index (χ1n) is 4.60. The van der Waals surface area contributed by atoms with Crippen molar-refractivity contribution < 1.29 is 14.3 Å². The van der Waals surface area contributed by atoms with Crippen LogP contribution in [0.3, 0.4) is 0 Å². The van der Waals surface area contributed by atoms with Crippen LogP contribution in [0, 0.1) is 5.92 Å². The molecule has 1 amide bonds. The third-order valence-corrected chi connectivity index (χ3v) is 2.24. The van der Waals surface area contributed by atoms with Gasteiger partial charge in [0.1, 0.15) is 0 Å². The molecule has 0 aromatic rings. The molecule has 0 spiro atoms. The highest BCUT2D eigenvalue weighted by Gasteiger charge is 2.25. The lowest BCUT2D eigenvalue weighted by Gasteiger charge is -2.14. The summed E-state index contributed by atoms with van der Waals surface area (Å²) in [4.78, 5) is 11.3. The Balaban J connectivity index is 2.19. The van der Waals surface area contributed by atoms with E-state index >= 15 is 0 Å². The molecule has 2 unspecified atom stereocenters. The Kier molecular flexibility index (Phi) is 4.18. The van der Waals surface area contributed by atoms with Gasteiger partial charge in [-0.15, -0.1) is 0 Å². The van der Waals surface area contributed by atoms with Crippen LogP contribution in [0.4, 0.5) is 0 Å². The lowest BCUT2D eigenvalue weighted by atomic mass is 10.1. The molecule has 2 atom stereocenters. The normalized spacial score (nSPS) is 27.5. The fraction of sp³-hybridized carbons (Fsp3) is 0.889. The van der Waals surface area contributed by atoms with Gasteiger partial charge >= 0.3 is 0 Å². The van der Waals surface area contributed by atoms with E-state index in [-0.39, 0.29) is 11.9 Å². The maximum Gasteiger partial charge on any atom is 0.222 e. The summed E-state index contributed by atoms with van der Waals surface area (Å²) in [5, 5.41) is 2.92. The Morgan fingerprint density at radius 3 is 2.92 bits per heavy atom. The SMILES string of the molecule is COCCC(=O)NC1COCC1C. The van der Waals surface area contributed by atoms with Gasteiger partial charge in [0.15, 0.2) is 0 Å². The zero-order valence-electron chi connectivity index (χ0n) is 8.21. The van der Waals surface area contributed by atoms with Crippen molar-refractivity contribution in [3.8, 4) is 0 Å². The lowest BCUT2D eigenvalue weighted by Crippen LogP contribution is -2.39. The molecule has 0 aliphatic carbocycles. The molecule has 0 saturated carbocycles. The maximum atomic E-state index is 11.3. The number of ether oxygens (including phenoxy) is 2. The molecule has 0 bridgehead atoms. The molecule has 0 aromatic carbocycles. The molecule has 4 nitrogen and oxygen atoms in total. The summed E-state index contributed by atoms with van der Waals surface area (Å²) in [6.45, 7) is 3.94. The number of hydrogen-bond donors (Lipinski definition) is 1. The first kappa shape index (κ1) is 10.5. The Morgan fingerprint density at radius 2 is 2.38 bits per heavy atom. The van der Waals surface area contributed by atoms with Crippen LogP contribution in [0.25, 0.3) is 0 Å². The molecule has 4 heteroatoms. The summed E-state index contributed by atoms with van der Waals surface area (Å²) in [5.74, 6) is 0.468. The van der Waals surface area contributed by atoms with Crippen LogP contribution in [0.5, 0.6) is 0 Å². The highest BCUT2D eigenvalue weighted by Crippen LogP contribution is 2.12. The van der Waals surface area contributed by atoms with Crippen LogP contribution >= 0.6 is 0 Å². The fourth-order valence-electron chi connectivity index (χ4n) is 1.32. The van der Waals surface area contributed by atoms with Crippen molar-refractivity contribution in [1.29, 1.82) is 0 Å². The third-order valence-electron chi connectivity index (χ3n) is 2.24. The number of carbonyl (C=O) groups is 1. The van der Waals surface area contributed by atoms with E-state index in [1.807, 2.05) is 0 Å². The molecule has 13 heavy (non-hydrogen) atoms. The Labute approximate surface area is 78.6 Å². The summed E-state index contributed by atoms with van der Waals surface area (Å²) in [6, 6.07) is 0.185. The topological polar surface area (TPSA) is 47.6 Å². The van der Waals surface area contributed by atoms with Gasteiger partial charge in [-0.05, 0) is 0 Å². The number of methoxy groups -OCH3 is 1. The number of hydrogen-bond acceptors (Lipinski definition) is 3. The number of rotatable bonds is 4. The quantitative estimate of drug-likeness (QED) is 0.682. The largest absolute Gasteiger partial charge is 0.384 e. The zero-order chi connectivity index (χ0) is 9.68. The van der Waals surface area contributed by atoms with Crippen LogP contribution in [-0.4, -0.2) is 38.9 Å². The van der Waals surface area contributed by atoms with Gasteiger partial charge in [0, 0.05) is 19.4 Å². The highest BCUT2D eigenvalue weighted by atomic mass is 16.5. The highest BCUT2D eigenvalue weighted by molar-refractivity contribution is 5.76. The van der Waals surface area contributed by atoms with Crippen molar-refractivity contribution in [2.75, 3.05) is 26.9 Å². The van der Waals surface area contributed by atoms with Gasteiger partial charge in [-0.1, -0.05) is 6.92 Å². The molecule has 1 aliphatic rings. The van der Waals surface area contributed by atoms with Crippen molar-refractivity contribution in [2.24, 2.45) is 5.92 Å². The molecule has 1 rings (SSSR count). The molecule has 1 heterocycles. The van der Waals surface area contributed by atoms with Crippen molar-refractivity contribution in [2.45, 2.75) is 19.4 Å². The molecule has 0 aromatic heterocycles. The Hall–Kier alpha value is -0.610. The molecule has 1 fully saturated rings. The molecule has 1 N–H and O–H groups in total. The van der Waals surface area contributed by atoms with Gasteiger partial charge in [-0.3, -0.25) is 4.79 Å².